The summed E-state index contributed by atoms with van der Waals surface area (Å²) in [4.78, 5) is 15.8. The number of hydrogen-bond donors (Lipinski definition) is 1. The van der Waals surface area contributed by atoms with Crippen molar-refractivity contribution in [2.45, 2.75) is 26.0 Å². The fourth-order valence-corrected chi connectivity index (χ4v) is 2.31. The third-order valence-electron chi connectivity index (χ3n) is 3.62. The number of aromatic nitrogens is 3. The summed E-state index contributed by atoms with van der Waals surface area (Å²) in [7, 11) is 0. The minimum absolute atomic E-state index is 0.105. The smallest absolute Gasteiger partial charge is 0.312 e. The van der Waals surface area contributed by atoms with Crippen molar-refractivity contribution in [2.24, 2.45) is 5.92 Å². The van der Waals surface area contributed by atoms with E-state index < -0.39 is 29.1 Å². The highest BCUT2D eigenvalue weighted by molar-refractivity contribution is 5.73. The van der Waals surface area contributed by atoms with Gasteiger partial charge in [-0.25, -0.2) is 18.4 Å². The molecule has 2 rings (SSSR count). The lowest BCUT2D eigenvalue weighted by Crippen LogP contribution is -2.43. The first kappa shape index (κ1) is 17.0. The Bertz CT molecular complexity index is 679. The molecular formula is C15H17F2N3O3. The van der Waals surface area contributed by atoms with Crippen LogP contribution in [0.4, 0.5) is 8.78 Å². The van der Waals surface area contributed by atoms with Gasteiger partial charge in [0.2, 0.25) is 0 Å². The van der Waals surface area contributed by atoms with Crippen molar-refractivity contribution in [3.8, 4) is 0 Å². The molecule has 0 unspecified atom stereocenters. The van der Waals surface area contributed by atoms with E-state index in [0.29, 0.717) is 0 Å². The number of rotatable bonds is 6. The van der Waals surface area contributed by atoms with Crippen LogP contribution in [0.25, 0.3) is 0 Å². The molecule has 0 aliphatic heterocycles. The molecule has 0 amide bonds. The third kappa shape index (κ3) is 3.53. The van der Waals surface area contributed by atoms with E-state index in [4.69, 9.17) is 4.74 Å². The van der Waals surface area contributed by atoms with Gasteiger partial charge in [0.25, 0.3) is 0 Å². The molecule has 0 saturated heterocycles. The van der Waals surface area contributed by atoms with Crippen LogP contribution < -0.4 is 0 Å². The molecule has 6 nitrogen and oxygen atoms in total. The normalized spacial score (nSPS) is 15.0. The molecule has 2 aromatic rings. The minimum Gasteiger partial charge on any atom is -0.466 e. The molecule has 23 heavy (non-hydrogen) atoms. The van der Waals surface area contributed by atoms with Gasteiger partial charge in [-0.3, -0.25) is 4.79 Å². The SMILES string of the molecule is CCOC(=O)[C@H](C)[C@](O)(Cn1cncn1)c1cc(F)ccc1F. The van der Waals surface area contributed by atoms with Crippen LogP contribution in [-0.4, -0.2) is 32.4 Å². The van der Waals surface area contributed by atoms with E-state index in [1.807, 2.05) is 0 Å². The summed E-state index contributed by atoms with van der Waals surface area (Å²) < 4.78 is 33.9. The first-order valence-electron chi connectivity index (χ1n) is 7.05. The zero-order valence-corrected chi connectivity index (χ0v) is 12.7. The minimum atomic E-state index is -2.05. The Balaban J connectivity index is 2.49. The van der Waals surface area contributed by atoms with Crippen LogP contribution in [-0.2, 0) is 21.7 Å². The summed E-state index contributed by atoms with van der Waals surface area (Å²) >= 11 is 0. The van der Waals surface area contributed by atoms with Gasteiger partial charge < -0.3 is 9.84 Å². The molecule has 0 saturated carbocycles. The zero-order valence-electron chi connectivity index (χ0n) is 12.7. The van der Waals surface area contributed by atoms with Crippen LogP contribution in [0.3, 0.4) is 0 Å². The van der Waals surface area contributed by atoms with E-state index in [1.165, 1.54) is 24.3 Å². The van der Waals surface area contributed by atoms with Gasteiger partial charge in [-0.05, 0) is 32.0 Å². The maximum absolute atomic E-state index is 14.2. The van der Waals surface area contributed by atoms with E-state index in [9.17, 15) is 18.7 Å². The quantitative estimate of drug-likeness (QED) is 0.817. The van der Waals surface area contributed by atoms with Gasteiger partial charge in [0.15, 0.2) is 0 Å². The average molecular weight is 325 g/mol. The number of ether oxygens (including phenoxy) is 1. The highest BCUT2D eigenvalue weighted by Gasteiger charge is 2.43. The van der Waals surface area contributed by atoms with Gasteiger partial charge in [-0.2, -0.15) is 5.10 Å². The predicted octanol–water partition coefficient (Wildman–Crippen LogP) is 1.64. The first-order chi connectivity index (χ1) is 10.9. The lowest BCUT2D eigenvalue weighted by atomic mass is 9.81. The fourth-order valence-electron chi connectivity index (χ4n) is 2.31. The Labute approximate surface area is 131 Å². The van der Waals surface area contributed by atoms with E-state index in [2.05, 4.69) is 10.1 Å². The van der Waals surface area contributed by atoms with E-state index in [-0.39, 0.29) is 18.7 Å². The Morgan fingerprint density at radius 1 is 1.48 bits per heavy atom. The Morgan fingerprint density at radius 3 is 2.83 bits per heavy atom. The molecule has 0 fully saturated rings. The lowest BCUT2D eigenvalue weighted by molar-refractivity contribution is -0.159. The van der Waals surface area contributed by atoms with Crippen molar-refractivity contribution < 1.29 is 23.4 Å². The fraction of sp³-hybridized carbons (Fsp3) is 0.400. The second-order valence-electron chi connectivity index (χ2n) is 5.12. The third-order valence-corrected chi connectivity index (χ3v) is 3.62. The molecule has 8 heteroatoms. The topological polar surface area (TPSA) is 77.2 Å². The summed E-state index contributed by atoms with van der Waals surface area (Å²) in [5.74, 6) is -3.43. The summed E-state index contributed by atoms with van der Waals surface area (Å²) in [5.41, 5.74) is -2.39. The Morgan fingerprint density at radius 2 is 2.22 bits per heavy atom. The number of carbonyl (C=O) groups excluding carboxylic acids is 1. The van der Waals surface area contributed by atoms with E-state index >= 15 is 0 Å². The number of esters is 1. The van der Waals surface area contributed by atoms with Crippen molar-refractivity contribution in [3.63, 3.8) is 0 Å². The van der Waals surface area contributed by atoms with Crippen molar-refractivity contribution in [2.75, 3.05) is 6.61 Å². The second kappa shape index (κ2) is 6.82. The maximum Gasteiger partial charge on any atom is 0.312 e. The highest BCUT2D eigenvalue weighted by atomic mass is 19.1. The molecule has 1 N–H and O–H groups in total. The summed E-state index contributed by atoms with van der Waals surface area (Å²) in [5, 5.41) is 14.9. The van der Waals surface area contributed by atoms with Gasteiger partial charge in [-0.15, -0.1) is 0 Å². The molecule has 124 valence electrons. The van der Waals surface area contributed by atoms with Gasteiger partial charge in [-0.1, -0.05) is 0 Å². The predicted molar refractivity (Wildman–Crippen MR) is 76.1 cm³/mol. The molecule has 0 aliphatic rings. The molecule has 0 bridgehead atoms. The number of hydrogen-bond acceptors (Lipinski definition) is 5. The number of halogens is 2. The monoisotopic (exact) mass is 325 g/mol. The molecule has 1 heterocycles. The highest BCUT2D eigenvalue weighted by Crippen LogP contribution is 2.34. The number of aliphatic hydroxyl groups is 1. The van der Waals surface area contributed by atoms with E-state index in [1.54, 1.807) is 6.92 Å². The van der Waals surface area contributed by atoms with Crippen LogP contribution in [0.1, 0.15) is 19.4 Å². The van der Waals surface area contributed by atoms with Gasteiger partial charge in [0, 0.05) is 5.56 Å². The number of nitrogens with zero attached hydrogens (tertiary/aromatic N) is 3. The van der Waals surface area contributed by atoms with Crippen molar-refractivity contribution in [1.29, 1.82) is 0 Å². The average Bonchev–Trinajstić information content (AvgIpc) is 3.01. The molecule has 1 aromatic carbocycles. The van der Waals surface area contributed by atoms with Gasteiger partial charge in [0.05, 0.1) is 19.1 Å². The maximum atomic E-state index is 14.2. The second-order valence-corrected chi connectivity index (χ2v) is 5.12. The molecule has 0 aliphatic carbocycles. The van der Waals surface area contributed by atoms with Crippen LogP contribution in [0.5, 0.6) is 0 Å². The largest absolute Gasteiger partial charge is 0.466 e. The number of benzene rings is 1. The first-order valence-corrected chi connectivity index (χ1v) is 7.05. The molecule has 0 radical (unpaired) electrons. The molecule has 1 aromatic heterocycles. The summed E-state index contributed by atoms with van der Waals surface area (Å²) in [6.07, 6.45) is 2.54. The summed E-state index contributed by atoms with van der Waals surface area (Å²) in [6, 6.07) is 2.70. The summed E-state index contributed by atoms with van der Waals surface area (Å²) in [6.45, 7) is 2.82. The lowest BCUT2D eigenvalue weighted by Gasteiger charge is -2.33. The van der Waals surface area contributed by atoms with E-state index in [0.717, 1.165) is 18.2 Å². The number of carbonyl (C=O) groups is 1. The Hall–Kier alpha value is -2.35. The zero-order chi connectivity index (χ0) is 17.0. The van der Waals surface area contributed by atoms with Gasteiger partial charge >= 0.3 is 5.97 Å². The van der Waals surface area contributed by atoms with Crippen molar-refractivity contribution in [3.05, 3.63) is 48.1 Å². The van der Waals surface area contributed by atoms with Crippen LogP contribution in [0.15, 0.2) is 30.9 Å². The molecule has 2 atom stereocenters. The molecule has 0 spiro atoms. The standard InChI is InChI=1S/C15H17F2N3O3/c1-3-23-14(21)10(2)15(22,7-20-9-18-8-19-20)12-6-11(16)4-5-13(12)17/h4-6,8-10,22H,3,7H2,1-2H3/t10-,15+/m0/s1. The Kier molecular flexibility index (Phi) is 5.05. The van der Waals surface area contributed by atoms with Crippen molar-refractivity contribution >= 4 is 5.97 Å². The molecular weight excluding hydrogens is 308 g/mol. The van der Waals surface area contributed by atoms with Gasteiger partial charge in [0.1, 0.15) is 29.9 Å². The van der Waals surface area contributed by atoms with Crippen molar-refractivity contribution in [1.82, 2.24) is 14.8 Å². The van der Waals surface area contributed by atoms with Crippen LogP contribution >= 0.6 is 0 Å². The van der Waals surface area contributed by atoms with Crippen LogP contribution in [0, 0.1) is 17.6 Å². The van der Waals surface area contributed by atoms with Crippen LogP contribution in [0.2, 0.25) is 0 Å².